The normalized spacial score (nSPS) is 11.9. The quantitative estimate of drug-likeness (QED) is 0.0329. The molecule has 65 heavy (non-hydrogen) atoms. The number of ether oxygens (including phenoxy) is 2. The third-order valence-electron chi connectivity index (χ3n) is 10.2. The molecule has 1 aromatic heterocycles. The zero-order valence-electron chi connectivity index (χ0n) is 34.5. The average molecular weight is 884 g/mol. The summed E-state index contributed by atoms with van der Waals surface area (Å²) in [5.74, 6) is -1.04. The van der Waals surface area contributed by atoms with Crippen LogP contribution in [0.1, 0.15) is 55.4 Å². The van der Waals surface area contributed by atoms with E-state index >= 15 is 0 Å². The van der Waals surface area contributed by atoms with E-state index in [2.05, 4.69) is 35.9 Å². The molecule has 1 aliphatic rings. The minimum Gasteiger partial charge on any atom is -0.494 e. The summed E-state index contributed by atoms with van der Waals surface area (Å²) in [6.45, 7) is 0.507. The van der Waals surface area contributed by atoms with Gasteiger partial charge in [0.1, 0.15) is 17.2 Å². The predicted octanol–water partition coefficient (Wildman–Crippen LogP) is 10.8. The summed E-state index contributed by atoms with van der Waals surface area (Å²) >= 11 is 0. The number of hydrogen-bond acceptors (Lipinski definition) is 9. The summed E-state index contributed by atoms with van der Waals surface area (Å²) in [5.41, 5.74) is 12.5. The Bertz CT molecular complexity index is 2700. The van der Waals surface area contributed by atoms with Crippen molar-refractivity contribution in [3.8, 4) is 28.5 Å². The average Bonchev–Trinajstić information content (AvgIpc) is 3.62. The van der Waals surface area contributed by atoms with Crippen LogP contribution < -0.4 is 20.1 Å². The first-order valence-corrected chi connectivity index (χ1v) is 20.3. The Morgan fingerprint density at radius 3 is 1.98 bits per heavy atom. The van der Waals surface area contributed by atoms with Crippen LogP contribution in [0.4, 0.5) is 29.3 Å². The Kier molecular flexibility index (Phi) is 14.3. The lowest BCUT2D eigenvalue weighted by Gasteiger charge is -2.25. The number of carboxylic acid groups (broad SMARTS) is 1. The Morgan fingerprint density at radius 1 is 0.754 bits per heavy atom. The summed E-state index contributed by atoms with van der Waals surface area (Å²) in [6.07, 6.45) is -5.59. The number of benzene rings is 5. The highest BCUT2D eigenvalue weighted by atomic mass is 19.4. The molecule has 0 unspecified atom stereocenters. The number of halogens is 3. The first-order chi connectivity index (χ1) is 31.4. The summed E-state index contributed by atoms with van der Waals surface area (Å²) in [7, 11) is 0. The van der Waals surface area contributed by atoms with Crippen LogP contribution >= 0.6 is 0 Å². The number of carbonyl (C=O) groups excluding carboxylic acids is 2. The molecule has 0 spiro atoms. The second-order valence-corrected chi connectivity index (χ2v) is 14.6. The van der Waals surface area contributed by atoms with Crippen LogP contribution in [-0.2, 0) is 12.7 Å². The monoisotopic (exact) mass is 883 g/mol. The zero-order chi connectivity index (χ0) is 45.8. The molecule has 1 aliphatic carbocycles. The summed E-state index contributed by atoms with van der Waals surface area (Å²) < 4.78 is 53.7. The van der Waals surface area contributed by atoms with Gasteiger partial charge in [0.2, 0.25) is 5.88 Å². The van der Waals surface area contributed by atoms with Crippen molar-refractivity contribution in [2.45, 2.75) is 25.1 Å². The molecule has 3 N–H and O–H groups in total. The van der Waals surface area contributed by atoms with Gasteiger partial charge >= 0.3 is 12.3 Å². The zero-order valence-corrected chi connectivity index (χ0v) is 34.5. The van der Waals surface area contributed by atoms with Crippen LogP contribution in [0, 0.1) is 0 Å². The van der Waals surface area contributed by atoms with E-state index in [1.165, 1.54) is 30.3 Å². The summed E-state index contributed by atoms with van der Waals surface area (Å²) in [6, 6.07) is 36.5. The number of nitrogens with one attached hydrogen (secondary N) is 2. The van der Waals surface area contributed by atoms with Crippen molar-refractivity contribution in [3.05, 3.63) is 177 Å². The second kappa shape index (κ2) is 20.8. The number of azo groups is 1. The van der Waals surface area contributed by atoms with E-state index in [1.807, 2.05) is 48.5 Å². The van der Waals surface area contributed by atoms with Gasteiger partial charge < -0.3 is 30.1 Å². The van der Waals surface area contributed by atoms with Gasteiger partial charge in [-0.25, -0.2) is 9.78 Å². The van der Waals surface area contributed by atoms with Gasteiger partial charge in [-0.05, 0) is 113 Å². The fourth-order valence-electron chi connectivity index (χ4n) is 7.11. The lowest BCUT2D eigenvalue weighted by Crippen LogP contribution is -2.34. The molecule has 5 aromatic carbocycles. The molecule has 7 rings (SSSR count). The standard InChI is InChI=1S/C47H40F3N9O6/c48-47(49,50)42-25-30(28-59(46(62)63)29-41-39-11-3-1-9-37(39)38-10-2-4-12-40(38)41)26-43(55-42)65-36-8-5-7-32(27-36)45(61)53-23-22-52-44(60)31-13-15-33(16-14-31)56-57-34-17-19-35(20-18-34)64-24-6-21-54-58-51/h1-5,7-20,25-27,41H,6,21-24,28-29H2,(H,52,60)(H,53,61)(H,62,63). The molecule has 0 radical (unpaired) electrons. The molecule has 0 fully saturated rings. The molecule has 1 heterocycles. The molecule has 0 atom stereocenters. The molecule has 18 heteroatoms. The second-order valence-electron chi connectivity index (χ2n) is 14.6. The van der Waals surface area contributed by atoms with Crippen LogP contribution in [0.5, 0.6) is 17.4 Å². The maximum absolute atomic E-state index is 14.1. The number of rotatable bonds is 18. The van der Waals surface area contributed by atoms with Crippen LogP contribution in [0.3, 0.4) is 0 Å². The van der Waals surface area contributed by atoms with E-state index in [-0.39, 0.29) is 54.9 Å². The third kappa shape index (κ3) is 11.8. The van der Waals surface area contributed by atoms with E-state index in [9.17, 15) is 32.7 Å². The number of amides is 3. The number of carbonyl (C=O) groups is 3. The number of azide groups is 1. The highest BCUT2D eigenvalue weighted by molar-refractivity contribution is 5.95. The molecule has 0 saturated carbocycles. The number of fused-ring (bicyclic) bond motifs is 3. The Balaban J connectivity index is 0.916. The molecular formula is C47H40F3N9O6. The van der Waals surface area contributed by atoms with Crippen molar-refractivity contribution in [1.29, 1.82) is 0 Å². The first-order valence-electron chi connectivity index (χ1n) is 20.3. The maximum atomic E-state index is 14.1. The molecule has 3 amide bonds. The van der Waals surface area contributed by atoms with Crippen molar-refractivity contribution in [2.24, 2.45) is 15.3 Å². The maximum Gasteiger partial charge on any atom is 0.433 e. The minimum atomic E-state index is -4.87. The Labute approximate surface area is 370 Å². The molecule has 330 valence electrons. The first kappa shape index (κ1) is 44.8. The number of nitrogens with zero attached hydrogens (tertiary/aromatic N) is 7. The van der Waals surface area contributed by atoms with Crippen molar-refractivity contribution in [2.75, 3.05) is 32.8 Å². The van der Waals surface area contributed by atoms with Crippen LogP contribution in [0.25, 0.3) is 21.6 Å². The van der Waals surface area contributed by atoms with Crippen molar-refractivity contribution in [3.63, 3.8) is 0 Å². The van der Waals surface area contributed by atoms with E-state index in [1.54, 1.807) is 48.5 Å². The SMILES string of the molecule is [N-]=[N+]=NCCCOc1ccc(N=Nc2ccc(C(=O)NCCNC(=O)c3cccc(Oc4cc(CN(CC5c6ccccc6-c6ccccc65)C(=O)O)cc(C(F)(F)F)n4)c3)cc2)cc1. The van der Waals surface area contributed by atoms with Gasteiger partial charge in [-0.1, -0.05) is 59.7 Å². The molecule has 6 aromatic rings. The minimum absolute atomic E-state index is 0.00375. The van der Waals surface area contributed by atoms with Crippen LogP contribution in [0.15, 0.2) is 149 Å². The van der Waals surface area contributed by atoms with E-state index < -0.39 is 29.8 Å². The summed E-state index contributed by atoms with van der Waals surface area (Å²) in [4.78, 5) is 45.8. The highest BCUT2D eigenvalue weighted by Crippen LogP contribution is 2.45. The van der Waals surface area contributed by atoms with Crippen molar-refractivity contribution in [1.82, 2.24) is 20.5 Å². The van der Waals surface area contributed by atoms with Crippen LogP contribution in [0.2, 0.25) is 0 Å². The topological polar surface area (TPSA) is 204 Å². The molecule has 0 saturated heterocycles. The van der Waals surface area contributed by atoms with Gasteiger partial charge in [0, 0.05) is 60.7 Å². The smallest absolute Gasteiger partial charge is 0.433 e. The van der Waals surface area contributed by atoms with Gasteiger partial charge in [0.25, 0.3) is 11.8 Å². The van der Waals surface area contributed by atoms with Crippen LogP contribution in [-0.4, -0.2) is 65.7 Å². The van der Waals surface area contributed by atoms with Crippen molar-refractivity contribution < 1.29 is 42.1 Å². The van der Waals surface area contributed by atoms with Gasteiger partial charge in [-0.3, -0.25) is 9.59 Å². The predicted molar refractivity (Wildman–Crippen MR) is 234 cm³/mol. The molecule has 15 nitrogen and oxygen atoms in total. The number of pyridine rings is 1. The number of alkyl halides is 3. The third-order valence-corrected chi connectivity index (χ3v) is 10.2. The number of hydrogen-bond donors (Lipinski definition) is 3. The Morgan fingerprint density at radius 2 is 1.37 bits per heavy atom. The highest BCUT2D eigenvalue weighted by Gasteiger charge is 2.35. The lowest BCUT2D eigenvalue weighted by molar-refractivity contribution is -0.141. The van der Waals surface area contributed by atoms with E-state index in [4.69, 9.17) is 15.0 Å². The molecule has 0 aliphatic heterocycles. The van der Waals surface area contributed by atoms with Crippen molar-refractivity contribution >= 4 is 29.3 Å². The molecule has 0 bridgehead atoms. The van der Waals surface area contributed by atoms with Gasteiger partial charge in [-0.15, -0.1) is 0 Å². The Hall–Kier alpha value is -8.24. The fraction of sp³-hybridized carbons (Fsp3) is 0.191. The largest absolute Gasteiger partial charge is 0.494 e. The van der Waals surface area contributed by atoms with Gasteiger partial charge in [-0.2, -0.15) is 23.4 Å². The summed E-state index contributed by atoms with van der Waals surface area (Å²) in [5, 5.41) is 27.5. The van der Waals surface area contributed by atoms with Gasteiger partial charge in [0.15, 0.2) is 0 Å². The van der Waals surface area contributed by atoms with Gasteiger partial charge in [0.05, 0.1) is 18.0 Å². The van der Waals surface area contributed by atoms with E-state index in [0.29, 0.717) is 42.3 Å². The number of aromatic nitrogens is 1. The van der Waals surface area contributed by atoms with E-state index in [0.717, 1.165) is 33.2 Å². The molecular weight excluding hydrogens is 844 g/mol. The lowest BCUT2D eigenvalue weighted by atomic mass is 9.96. The fourth-order valence-corrected chi connectivity index (χ4v) is 7.11.